The summed E-state index contributed by atoms with van der Waals surface area (Å²) in [7, 11) is 0. The highest BCUT2D eigenvalue weighted by Gasteiger charge is 2.21. The summed E-state index contributed by atoms with van der Waals surface area (Å²) in [6.07, 6.45) is 6.28. The summed E-state index contributed by atoms with van der Waals surface area (Å²) in [5.74, 6) is 0.0555. The van der Waals surface area contributed by atoms with E-state index >= 15 is 0 Å². The molecule has 1 aliphatic rings. The van der Waals surface area contributed by atoms with Crippen molar-refractivity contribution in [3.63, 3.8) is 0 Å². The van der Waals surface area contributed by atoms with Crippen LogP contribution < -0.4 is 16.0 Å². The first-order valence-corrected chi connectivity index (χ1v) is 14.4. The van der Waals surface area contributed by atoms with Gasteiger partial charge in [-0.15, -0.1) is 5.11 Å². The highest BCUT2D eigenvalue weighted by Crippen LogP contribution is 2.33. The maximum Gasteiger partial charge on any atom is 0.322 e. The first-order valence-electron chi connectivity index (χ1n) is 14.4. The number of carbonyl (C=O) groups excluding carboxylic acids is 2. The van der Waals surface area contributed by atoms with Gasteiger partial charge in [0.1, 0.15) is 0 Å². The van der Waals surface area contributed by atoms with Gasteiger partial charge in [-0.3, -0.25) is 9.69 Å². The van der Waals surface area contributed by atoms with E-state index in [0.717, 1.165) is 16.8 Å². The number of nitrogens with zero attached hydrogens (tertiary/aromatic N) is 3. The van der Waals surface area contributed by atoms with Crippen molar-refractivity contribution in [2.24, 2.45) is 15.8 Å². The lowest BCUT2D eigenvalue weighted by molar-refractivity contribution is 0.100. The molecule has 1 atom stereocenters. The molecule has 3 amide bonds. The number of nitrogens with two attached hydrogens (primary N) is 1. The molecule has 0 saturated heterocycles. The van der Waals surface area contributed by atoms with E-state index in [9.17, 15) is 9.59 Å². The average molecular weight is 553 g/mol. The number of amides is 3. The molecule has 0 aromatic heterocycles. The summed E-state index contributed by atoms with van der Waals surface area (Å²) >= 11 is 0. The molecule has 0 bridgehead atoms. The molecule has 8 nitrogen and oxygen atoms in total. The minimum Gasteiger partial charge on any atom is -0.366 e. The van der Waals surface area contributed by atoms with E-state index in [-0.39, 0.29) is 12.1 Å². The average Bonchev–Trinajstić information content (AvgIpc) is 3.00. The lowest BCUT2D eigenvalue weighted by atomic mass is 9.84. The van der Waals surface area contributed by atoms with Gasteiger partial charge in [-0.25, -0.2) is 10.3 Å². The molecule has 0 radical (unpaired) electrons. The zero-order valence-electron chi connectivity index (χ0n) is 24.1. The van der Waals surface area contributed by atoms with Crippen LogP contribution in [0.5, 0.6) is 0 Å². The summed E-state index contributed by atoms with van der Waals surface area (Å²) in [6, 6.07) is 23.2. The number of hydrogen-bond acceptors (Lipinski definition) is 3. The topological polar surface area (TPSA) is 124 Å². The fourth-order valence-corrected chi connectivity index (χ4v) is 5.29. The zero-order valence-corrected chi connectivity index (χ0v) is 24.1. The maximum atomic E-state index is 13.7. The van der Waals surface area contributed by atoms with Crippen molar-refractivity contribution in [3.8, 4) is 0 Å². The van der Waals surface area contributed by atoms with E-state index in [1.54, 1.807) is 29.2 Å². The fraction of sp³-hybridized carbons (Fsp3) is 0.364. The van der Waals surface area contributed by atoms with Crippen LogP contribution in [-0.4, -0.2) is 17.9 Å². The summed E-state index contributed by atoms with van der Waals surface area (Å²) in [6.45, 7) is 6.63. The molecule has 4 rings (SSSR count). The number of urea groups is 1. The SMILES string of the molecule is CC(C)c1ccc(C(C)NC(=O)N(Cc2ccc(C(=O)N=C(N)N=N)cc2)c2ccc(C3CCCCC3)cc2)cc1. The molecular weight excluding hydrogens is 512 g/mol. The highest BCUT2D eigenvalue weighted by molar-refractivity contribution is 6.02. The van der Waals surface area contributed by atoms with Gasteiger partial charge in [0.25, 0.3) is 5.91 Å². The Balaban J connectivity index is 1.55. The summed E-state index contributed by atoms with van der Waals surface area (Å²) < 4.78 is 0. The van der Waals surface area contributed by atoms with Crippen molar-refractivity contribution in [2.45, 2.75) is 77.3 Å². The van der Waals surface area contributed by atoms with Gasteiger partial charge in [-0.05, 0) is 78.1 Å². The highest BCUT2D eigenvalue weighted by atomic mass is 16.2. The van der Waals surface area contributed by atoms with Crippen molar-refractivity contribution < 1.29 is 9.59 Å². The smallest absolute Gasteiger partial charge is 0.322 e. The standard InChI is InChI=1S/C33H40N6O2/c1-22(2)25-13-15-26(16-14-25)23(3)36-33(41)39(30-19-17-28(18-20-30)27-7-5-4-6-8-27)21-24-9-11-29(12-10-24)31(40)37-32(34)38-35/h9-20,22-23,27,35H,4-8,21H2,1-3H3,(H,36,41)(H2,34,37,40). The number of guanidine groups is 1. The molecule has 3 aromatic carbocycles. The van der Waals surface area contributed by atoms with Crippen LogP contribution in [0.3, 0.4) is 0 Å². The molecule has 41 heavy (non-hydrogen) atoms. The maximum absolute atomic E-state index is 13.7. The van der Waals surface area contributed by atoms with Crippen molar-refractivity contribution in [2.75, 3.05) is 4.90 Å². The number of hydrogen-bond donors (Lipinski definition) is 3. The van der Waals surface area contributed by atoms with E-state index in [1.807, 2.05) is 19.1 Å². The first-order chi connectivity index (χ1) is 19.7. The van der Waals surface area contributed by atoms with Gasteiger partial charge >= 0.3 is 6.03 Å². The molecule has 0 aliphatic heterocycles. The Kier molecular flexibility index (Phi) is 10.0. The number of nitrogens with one attached hydrogen (secondary N) is 2. The van der Waals surface area contributed by atoms with Crippen LogP contribution in [0.2, 0.25) is 0 Å². The molecule has 0 spiro atoms. The Hall–Kier alpha value is -4.33. The molecule has 0 heterocycles. The van der Waals surface area contributed by atoms with Crippen molar-refractivity contribution >= 4 is 23.6 Å². The predicted molar refractivity (Wildman–Crippen MR) is 163 cm³/mol. The second-order valence-corrected chi connectivity index (χ2v) is 11.1. The molecule has 3 aromatic rings. The van der Waals surface area contributed by atoms with Crippen molar-refractivity contribution in [1.29, 1.82) is 5.53 Å². The van der Waals surface area contributed by atoms with Crippen LogP contribution >= 0.6 is 0 Å². The lowest BCUT2D eigenvalue weighted by Crippen LogP contribution is -2.40. The molecule has 214 valence electrons. The first kappa shape index (κ1) is 29.6. The second kappa shape index (κ2) is 13.8. The van der Waals surface area contributed by atoms with Gasteiger partial charge in [0.05, 0.1) is 12.6 Å². The predicted octanol–water partition coefficient (Wildman–Crippen LogP) is 7.82. The minimum atomic E-state index is -0.574. The monoisotopic (exact) mass is 552 g/mol. The third-order valence-corrected chi connectivity index (χ3v) is 7.84. The van der Waals surface area contributed by atoms with E-state index in [4.69, 9.17) is 11.3 Å². The third-order valence-electron chi connectivity index (χ3n) is 7.84. The van der Waals surface area contributed by atoms with Crippen molar-refractivity contribution in [1.82, 2.24) is 5.32 Å². The number of carbonyl (C=O) groups is 2. The molecular formula is C33H40N6O2. The Labute approximate surface area is 242 Å². The number of aliphatic imine (C=N–C) groups is 1. The van der Waals surface area contributed by atoms with Crippen molar-refractivity contribution in [3.05, 3.63) is 101 Å². The van der Waals surface area contributed by atoms with Crippen LogP contribution in [0.15, 0.2) is 82.9 Å². The van der Waals surface area contributed by atoms with Gasteiger partial charge in [-0.1, -0.05) is 81.6 Å². The van der Waals surface area contributed by atoms with E-state index in [0.29, 0.717) is 23.9 Å². The number of benzene rings is 3. The number of rotatable bonds is 8. The molecule has 1 unspecified atom stereocenters. The molecule has 8 heteroatoms. The quantitative estimate of drug-likeness (QED) is 0.150. The summed E-state index contributed by atoms with van der Waals surface area (Å²) in [5.41, 5.74) is 17.9. The van der Waals surface area contributed by atoms with Gasteiger partial charge in [0.15, 0.2) is 0 Å². The third kappa shape index (κ3) is 7.87. The van der Waals surface area contributed by atoms with Crippen LogP contribution in [-0.2, 0) is 6.54 Å². The van der Waals surface area contributed by atoms with Crippen LogP contribution in [0.1, 0.15) is 103 Å². The lowest BCUT2D eigenvalue weighted by Gasteiger charge is -2.27. The Bertz CT molecular complexity index is 1360. The summed E-state index contributed by atoms with van der Waals surface area (Å²) in [5, 5.41) is 6.14. The molecule has 4 N–H and O–H groups in total. The van der Waals surface area contributed by atoms with E-state index < -0.39 is 11.9 Å². The Morgan fingerprint density at radius 3 is 2.10 bits per heavy atom. The van der Waals surface area contributed by atoms with Crippen LogP contribution in [0.25, 0.3) is 0 Å². The van der Waals surface area contributed by atoms with Crippen LogP contribution in [0, 0.1) is 5.53 Å². The van der Waals surface area contributed by atoms with Gasteiger partial charge in [0, 0.05) is 11.3 Å². The van der Waals surface area contributed by atoms with Gasteiger partial charge < -0.3 is 11.1 Å². The van der Waals surface area contributed by atoms with Gasteiger partial charge in [-0.2, -0.15) is 4.99 Å². The fourth-order valence-electron chi connectivity index (χ4n) is 5.29. The van der Waals surface area contributed by atoms with E-state index in [1.165, 1.54) is 43.2 Å². The largest absolute Gasteiger partial charge is 0.366 e. The zero-order chi connectivity index (χ0) is 29.4. The Morgan fingerprint density at radius 1 is 0.902 bits per heavy atom. The molecule has 1 fully saturated rings. The second-order valence-electron chi connectivity index (χ2n) is 11.1. The normalized spacial score (nSPS) is 14.9. The summed E-state index contributed by atoms with van der Waals surface area (Å²) in [4.78, 5) is 31.3. The number of anilines is 1. The van der Waals surface area contributed by atoms with E-state index in [2.05, 4.69) is 65.7 Å². The minimum absolute atomic E-state index is 0.182. The van der Waals surface area contributed by atoms with Crippen LogP contribution in [0.4, 0.5) is 10.5 Å². The molecule has 1 aliphatic carbocycles. The van der Waals surface area contributed by atoms with Gasteiger partial charge in [0.2, 0.25) is 5.96 Å². The Morgan fingerprint density at radius 2 is 1.51 bits per heavy atom. The molecule has 1 saturated carbocycles.